The van der Waals surface area contributed by atoms with Crippen LogP contribution in [-0.4, -0.2) is 15.6 Å². The highest BCUT2D eigenvalue weighted by Crippen LogP contribution is 2.27. The van der Waals surface area contributed by atoms with Crippen molar-refractivity contribution in [3.63, 3.8) is 0 Å². The van der Waals surface area contributed by atoms with Crippen molar-refractivity contribution in [2.24, 2.45) is 0 Å². The van der Waals surface area contributed by atoms with Gasteiger partial charge >= 0.3 is 5.97 Å². The van der Waals surface area contributed by atoms with Gasteiger partial charge in [0.15, 0.2) is 11.6 Å². The Morgan fingerprint density at radius 3 is 2.52 bits per heavy atom. The molecule has 2 aromatic carbocycles. The monoisotopic (exact) mass is 393 g/mol. The number of hydrogen-bond donors (Lipinski definition) is 1. The molecule has 1 heterocycles. The fraction of sp³-hybridized carbons (Fsp3) is 0.158. The predicted molar refractivity (Wildman–Crippen MR) is 96.1 cm³/mol. The minimum Gasteiger partial charge on any atom is -0.423 e. The summed E-state index contributed by atoms with van der Waals surface area (Å²) < 4.78 is 34.1. The van der Waals surface area contributed by atoms with Crippen LogP contribution in [-0.2, 0) is 13.2 Å². The number of aromatic nitrogens is 1. The van der Waals surface area contributed by atoms with E-state index in [-0.39, 0.29) is 35.4 Å². The van der Waals surface area contributed by atoms with Crippen LogP contribution in [0.15, 0.2) is 41.3 Å². The lowest BCUT2D eigenvalue weighted by atomic mass is 10.1. The van der Waals surface area contributed by atoms with Gasteiger partial charge in [-0.3, -0.25) is 4.79 Å². The van der Waals surface area contributed by atoms with Gasteiger partial charge in [-0.05, 0) is 30.7 Å². The first kappa shape index (κ1) is 19.0. The summed E-state index contributed by atoms with van der Waals surface area (Å²) in [5, 5.41) is 8.29. The third kappa shape index (κ3) is 3.43. The number of carbonyl (C=O) groups excluding carboxylic acids is 1. The number of aryl methyl sites for hydroxylation is 1. The van der Waals surface area contributed by atoms with Gasteiger partial charge < -0.3 is 14.4 Å². The highest BCUT2D eigenvalue weighted by Gasteiger charge is 2.22. The van der Waals surface area contributed by atoms with Crippen LogP contribution in [0.3, 0.4) is 0 Å². The van der Waals surface area contributed by atoms with Gasteiger partial charge in [-0.15, -0.1) is 0 Å². The van der Waals surface area contributed by atoms with Crippen LogP contribution in [0.2, 0.25) is 5.02 Å². The second-order valence-corrected chi connectivity index (χ2v) is 6.11. The number of benzene rings is 2. The van der Waals surface area contributed by atoms with Crippen molar-refractivity contribution < 1.29 is 23.4 Å². The molecule has 27 heavy (non-hydrogen) atoms. The Labute approximate surface area is 157 Å². The Morgan fingerprint density at radius 2 is 1.93 bits per heavy atom. The number of ether oxygens (including phenoxy) is 1. The van der Waals surface area contributed by atoms with Crippen LogP contribution in [0.4, 0.5) is 8.78 Å². The summed E-state index contributed by atoms with van der Waals surface area (Å²) in [6.07, 6.45) is 1.21. The van der Waals surface area contributed by atoms with Gasteiger partial charge in [0.2, 0.25) is 5.43 Å². The molecule has 0 aliphatic heterocycles. The zero-order valence-corrected chi connectivity index (χ0v) is 14.9. The molecule has 3 rings (SSSR count). The second-order valence-electron chi connectivity index (χ2n) is 5.73. The van der Waals surface area contributed by atoms with Crippen LogP contribution in [0.5, 0.6) is 5.75 Å². The molecule has 0 amide bonds. The van der Waals surface area contributed by atoms with E-state index >= 15 is 0 Å². The Kier molecular flexibility index (Phi) is 5.25. The predicted octanol–water partition coefficient (Wildman–Crippen LogP) is 3.66. The highest BCUT2D eigenvalue weighted by atomic mass is 35.5. The molecule has 1 N–H and O–H groups in total. The van der Waals surface area contributed by atoms with Crippen LogP contribution >= 0.6 is 11.6 Å². The van der Waals surface area contributed by atoms with Crippen LogP contribution < -0.4 is 10.2 Å². The van der Waals surface area contributed by atoms with Crippen molar-refractivity contribution in [2.45, 2.75) is 20.1 Å². The Balaban J connectivity index is 2.11. The van der Waals surface area contributed by atoms with E-state index in [0.29, 0.717) is 5.56 Å². The zero-order valence-electron chi connectivity index (χ0n) is 14.1. The second kappa shape index (κ2) is 7.46. The summed E-state index contributed by atoms with van der Waals surface area (Å²) >= 11 is 5.87. The maximum absolute atomic E-state index is 13.8. The molecule has 0 saturated heterocycles. The summed E-state index contributed by atoms with van der Waals surface area (Å²) in [5.74, 6) is -3.31. The van der Waals surface area contributed by atoms with Gasteiger partial charge in [-0.2, -0.15) is 0 Å². The SMILES string of the molecule is CCn1cc(C(=O)Oc2ccc(CO)cc2)c(=O)c2cc(F)c(F)c(Cl)c21. The normalized spacial score (nSPS) is 11.0. The molecule has 0 aliphatic rings. The molecular formula is C19H14ClF2NO4. The molecule has 0 bridgehead atoms. The van der Waals surface area contributed by atoms with E-state index < -0.39 is 28.1 Å². The largest absolute Gasteiger partial charge is 0.423 e. The standard InChI is InChI=1S/C19H14ClF2NO4/c1-2-23-8-13(19(26)27-11-5-3-10(9-24)4-6-11)18(25)12-7-14(21)16(22)15(20)17(12)23/h3-8,24H,2,9H2,1H3. The molecule has 140 valence electrons. The third-order valence-corrected chi connectivity index (χ3v) is 4.42. The summed E-state index contributed by atoms with van der Waals surface area (Å²) in [4.78, 5) is 25.1. The number of halogens is 3. The maximum atomic E-state index is 13.8. The number of fused-ring (bicyclic) bond motifs is 1. The summed E-state index contributed by atoms with van der Waals surface area (Å²) in [6.45, 7) is 1.79. The third-order valence-electron chi connectivity index (χ3n) is 4.07. The molecule has 0 spiro atoms. The first-order chi connectivity index (χ1) is 12.9. The van der Waals surface area contributed by atoms with E-state index in [4.69, 9.17) is 21.4 Å². The van der Waals surface area contributed by atoms with E-state index in [1.165, 1.54) is 22.9 Å². The Bertz CT molecular complexity index is 1090. The number of aliphatic hydroxyl groups is 1. The number of hydrogen-bond acceptors (Lipinski definition) is 4. The number of aliphatic hydroxyl groups excluding tert-OH is 1. The van der Waals surface area contributed by atoms with E-state index in [9.17, 15) is 18.4 Å². The molecule has 1 aromatic heterocycles. The van der Waals surface area contributed by atoms with Crippen molar-refractivity contribution >= 4 is 28.5 Å². The molecule has 0 saturated carbocycles. The highest BCUT2D eigenvalue weighted by molar-refractivity contribution is 6.35. The van der Waals surface area contributed by atoms with Crippen molar-refractivity contribution in [1.82, 2.24) is 4.57 Å². The smallest absolute Gasteiger partial charge is 0.349 e. The molecule has 0 aliphatic carbocycles. The van der Waals surface area contributed by atoms with Gasteiger partial charge in [0, 0.05) is 12.7 Å². The van der Waals surface area contributed by atoms with Gasteiger partial charge in [-0.1, -0.05) is 23.7 Å². The number of carbonyl (C=O) groups is 1. The van der Waals surface area contributed by atoms with Crippen LogP contribution in [0.1, 0.15) is 22.8 Å². The fourth-order valence-corrected chi connectivity index (χ4v) is 2.98. The van der Waals surface area contributed by atoms with E-state index in [2.05, 4.69) is 0 Å². The molecule has 8 heteroatoms. The minimum atomic E-state index is -1.28. The zero-order chi connectivity index (χ0) is 19.7. The molecule has 5 nitrogen and oxygen atoms in total. The number of nitrogens with zero attached hydrogens (tertiary/aromatic N) is 1. The van der Waals surface area contributed by atoms with Gasteiger partial charge in [0.25, 0.3) is 0 Å². The van der Waals surface area contributed by atoms with Crippen LogP contribution in [0.25, 0.3) is 10.9 Å². The number of esters is 1. The van der Waals surface area contributed by atoms with Gasteiger partial charge in [0.05, 0.1) is 17.5 Å². The van der Waals surface area contributed by atoms with Gasteiger partial charge in [0.1, 0.15) is 16.3 Å². The summed E-state index contributed by atoms with van der Waals surface area (Å²) in [7, 11) is 0. The lowest BCUT2D eigenvalue weighted by molar-refractivity contribution is 0.0732. The van der Waals surface area contributed by atoms with Crippen molar-refractivity contribution in [1.29, 1.82) is 0 Å². The topological polar surface area (TPSA) is 68.5 Å². The molecule has 3 aromatic rings. The number of rotatable bonds is 4. The molecule has 0 radical (unpaired) electrons. The lowest BCUT2D eigenvalue weighted by Crippen LogP contribution is -2.23. The molecular weight excluding hydrogens is 380 g/mol. The van der Waals surface area contributed by atoms with Crippen LogP contribution in [0, 0.1) is 11.6 Å². The van der Waals surface area contributed by atoms with Crippen molar-refractivity contribution in [2.75, 3.05) is 0 Å². The Morgan fingerprint density at radius 1 is 1.26 bits per heavy atom. The van der Waals surface area contributed by atoms with Gasteiger partial charge in [-0.25, -0.2) is 13.6 Å². The first-order valence-corrected chi connectivity index (χ1v) is 8.37. The summed E-state index contributed by atoms with van der Waals surface area (Å²) in [6, 6.07) is 6.78. The first-order valence-electron chi connectivity index (χ1n) is 8.00. The number of pyridine rings is 1. The van der Waals surface area contributed by atoms with E-state index in [0.717, 1.165) is 6.07 Å². The Hall–Kier alpha value is -2.77. The fourth-order valence-electron chi connectivity index (χ4n) is 2.68. The minimum absolute atomic E-state index is 0.00640. The molecule has 0 fully saturated rings. The lowest BCUT2D eigenvalue weighted by Gasteiger charge is -2.13. The average Bonchev–Trinajstić information content (AvgIpc) is 2.67. The maximum Gasteiger partial charge on any atom is 0.349 e. The van der Waals surface area contributed by atoms with E-state index in [1.54, 1.807) is 19.1 Å². The molecule has 0 unspecified atom stereocenters. The molecule has 0 atom stereocenters. The summed E-state index contributed by atoms with van der Waals surface area (Å²) in [5.41, 5.74) is -0.516. The average molecular weight is 394 g/mol. The van der Waals surface area contributed by atoms with Crippen molar-refractivity contribution in [3.05, 3.63) is 74.5 Å². The van der Waals surface area contributed by atoms with Crippen molar-refractivity contribution in [3.8, 4) is 5.75 Å². The quantitative estimate of drug-likeness (QED) is 0.417. The van der Waals surface area contributed by atoms with E-state index in [1.807, 2.05) is 0 Å².